The van der Waals surface area contributed by atoms with Gasteiger partial charge in [-0.3, -0.25) is 0 Å². The summed E-state index contributed by atoms with van der Waals surface area (Å²) in [5.41, 5.74) is -0.633. The molecule has 0 aliphatic rings. The normalized spacial score (nSPS) is 12.1. The van der Waals surface area contributed by atoms with Crippen LogP contribution in [0.25, 0.3) is 0 Å². The summed E-state index contributed by atoms with van der Waals surface area (Å²) < 4.78 is 39.1. The molecule has 1 heterocycles. The Labute approximate surface area is 143 Å². The first-order chi connectivity index (χ1) is 11.0. The first-order valence-electron chi connectivity index (χ1n) is 7.26. The van der Waals surface area contributed by atoms with Crippen molar-refractivity contribution >= 4 is 23.4 Å². The maximum absolute atomic E-state index is 13.0. The van der Waals surface area contributed by atoms with Crippen LogP contribution in [0.1, 0.15) is 32.0 Å². The molecule has 24 heavy (non-hydrogen) atoms. The molecule has 0 fully saturated rings. The van der Waals surface area contributed by atoms with Gasteiger partial charge < -0.3 is 10.6 Å². The zero-order valence-corrected chi connectivity index (χ0v) is 14.3. The van der Waals surface area contributed by atoms with E-state index >= 15 is 0 Å². The number of nitrogens with zero attached hydrogens (tertiary/aromatic N) is 2. The summed E-state index contributed by atoms with van der Waals surface area (Å²) in [6.45, 7) is 5.74. The predicted octanol–water partition coefficient (Wildman–Crippen LogP) is 4.97. The lowest BCUT2D eigenvalue weighted by molar-refractivity contribution is -0.141. The lowest BCUT2D eigenvalue weighted by Gasteiger charge is -2.21. The van der Waals surface area contributed by atoms with E-state index in [-0.39, 0.29) is 11.8 Å². The number of rotatable bonds is 4. The third-order valence-electron chi connectivity index (χ3n) is 2.87. The highest BCUT2D eigenvalue weighted by Crippen LogP contribution is 2.30. The molecule has 130 valence electrons. The Morgan fingerprint density at radius 2 is 1.79 bits per heavy atom. The minimum absolute atomic E-state index is 0.0779. The minimum atomic E-state index is -4.55. The van der Waals surface area contributed by atoms with Crippen LogP contribution < -0.4 is 10.6 Å². The number of alkyl halides is 3. The van der Waals surface area contributed by atoms with Gasteiger partial charge >= 0.3 is 6.18 Å². The Morgan fingerprint density at radius 1 is 1.08 bits per heavy atom. The largest absolute Gasteiger partial charge is 0.433 e. The average molecular weight is 359 g/mol. The number of nitrogens with one attached hydrogen (secondary N) is 2. The van der Waals surface area contributed by atoms with Crippen LogP contribution in [0.2, 0.25) is 5.02 Å². The number of hydrogen-bond acceptors (Lipinski definition) is 4. The first-order valence-corrected chi connectivity index (χ1v) is 7.63. The molecule has 0 saturated carbocycles. The van der Waals surface area contributed by atoms with Gasteiger partial charge in [0.05, 0.1) is 0 Å². The highest BCUT2D eigenvalue weighted by atomic mass is 35.5. The highest BCUT2D eigenvalue weighted by Gasteiger charge is 2.34. The summed E-state index contributed by atoms with van der Waals surface area (Å²) in [6.07, 6.45) is -4.55. The molecule has 0 amide bonds. The summed E-state index contributed by atoms with van der Waals surface area (Å²) in [7, 11) is 0. The van der Waals surface area contributed by atoms with Crippen molar-refractivity contribution in [1.82, 2.24) is 9.97 Å². The Hall–Kier alpha value is -2.02. The van der Waals surface area contributed by atoms with E-state index < -0.39 is 17.4 Å². The van der Waals surface area contributed by atoms with E-state index in [1.54, 1.807) is 18.2 Å². The van der Waals surface area contributed by atoms with Gasteiger partial charge in [-0.05, 0) is 38.5 Å². The molecular weight excluding hydrogens is 341 g/mol. The van der Waals surface area contributed by atoms with Crippen molar-refractivity contribution < 1.29 is 13.2 Å². The minimum Gasteiger partial charge on any atom is -0.366 e. The molecule has 1 aromatic heterocycles. The van der Waals surface area contributed by atoms with E-state index in [0.717, 1.165) is 11.6 Å². The lowest BCUT2D eigenvalue weighted by atomic mass is 10.1. The Balaban J connectivity index is 2.25. The number of hydrogen-bond donors (Lipinski definition) is 2. The monoisotopic (exact) mass is 358 g/mol. The van der Waals surface area contributed by atoms with Crippen molar-refractivity contribution in [2.75, 3.05) is 10.6 Å². The van der Waals surface area contributed by atoms with Crippen molar-refractivity contribution in [2.45, 2.75) is 39.0 Å². The smallest absolute Gasteiger partial charge is 0.366 e. The third kappa shape index (κ3) is 5.56. The molecule has 0 aliphatic heterocycles. The molecule has 2 rings (SSSR count). The molecule has 0 spiro atoms. The quantitative estimate of drug-likeness (QED) is 0.810. The standard InChI is InChI=1S/C16H18ClF3N4/c1-15(2,3)24-14-22-12(16(18,19)20)8-13(23-14)21-9-10-5-4-6-11(17)7-10/h4-8H,9H2,1-3H3,(H2,21,22,23,24). The Morgan fingerprint density at radius 3 is 2.38 bits per heavy atom. The molecule has 1 aromatic carbocycles. The fourth-order valence-corrected chi connectivity index (χ4v) is 2.13. The SMILES string of the molecule is CC(C)(C)Nc1nc(NCc2cccc(Cl)c2)cc(C(F)(F)F)n1. The molecule has 0 unspecified atom stereocenters. The number of benzene rings is 1. The van der Waals surface area contributed by atoms with E-state index in [0.29, 0.717) is 11.6 Å². The van der Waals surface area contributed by atoms with Gasteiger partial charge in [0, 0.05) is 23.2 Å². The van der Waals surface area contributed by atoms with Gasteiger partial charge in [-0.15, -0.1) is 0 Å². The van der Waals surface area contributed by atoms with Gasteiger partial charge in [-0.1, -0.05) is 23.7 Å². The van der Waals surface area contributed by atoms with Crippen LogP contribution in [-0.4, -0.2) is 15.5 Å². The van der Waals surface area contributed by atoms with Gasteiger partial charge in [0.25, 0.3) is 0 Å². The summed E-state index contributed by atoms with van der Waals surface area (Å²) in [6, 6.07) is 7.93. The molecule has 0 atom stereocenters. The summed E-state index contributed by atoms with van der Waals surface area (Å²) in [5, 5.41) is 6.29. The average Bonchev–Trinajstić information content (AvgIpc) is 2.42. The molecule has 0 aliphatic carbocycles. The molecular formula is C16H18ClF3N4. The molecule has 8 heteroatoms. The lowest BCUT2D eigenvalue weighted by Crippen LogP contribution is -2.28. The molecule has 0 bridgehead atoms. The number of halogens is 4. The molecule has 0 saturated heterocycles. The van der Waals surface area contributed by atoms with E-state index in [2.05, 4.69) is 20.6 Å². The molecule has 0 radical (unpaired) electrons. The van der Waals surface area contributed by atoms with Crippen LogP contribution in [0.3, 0.4) is 0 Å². The van der Waals surface area contributed by atoms with Crippen LogP contribution in [0.4, 0.5) is 24.9 Å². The Bertz CT molecular complexity index is 711. The predicted molar refractivity (Wildman–Crippen MR) is 89.2 cm³/mol. The second-order valence-electron chi connectivity index (χ2n) is 6.32. The Kier molecular flexibility index (Phi) is 5.22. The van der Waals surface area contributed by atoms with Crippen LogP contribution >= 0.6 is 11.6 Å². The van der Waals surface area contributed by atoms with E-state index in [1.807, 2.05) is 26.8 Å². The van der Waals surface area contributed by atoms with Crippen molar-refractivity contribution in [2.24, 2.45) is 0 Å². The first kappa shape index (κ1) is 18.3. The van der Waals surface area contributed by atoms with Gasteiger partial charge in [0.1, 0.15) is 5.82 Å². The van der Waals surface area contributed by atoms with Crippen LogP contribution in [0, 0.1) is 0 Å². The molecule has 2 aromatic rings. The fraction of sp³-hybridized carbons (Fsp3) is 0.375. The van der Waals surface area contributed by atoms with E-state index in [1.165, 1.54) is 0 Å². The van der Waals surface area contributed by atoms with Crippen molar-refractivity contribution in [3.8, 4) is 0 Å². The molecule has 4 nitrogen and oxygen atoms in total. The zero-order chi connectivity index (χ0) is 18.0. The van der Waals surface area contributed by atoms with Crippen molar-refractivity contribution in [1.29, 1.82) is 0 Å². The van der Waals surface area contributed by atoms with Crippen molar-refractivity contribution in [3.63, 3.8) is 0 Å². The maximum Gasteiger partial charge on any atom is 0.433 e. The van der Waals surface area contributed by atoms with Gasteiger partial charge in [0.15, 0.2) is 5.69 Å². The second-order valence-corrected chi connectivity index (χ2v) is 6.75. The van der Waals surface area contributed by atoms with Crippen LogP contribution in [0.5, 0.6) is 0 Å². The van der Waals surface area contributed by atoms with Crippen molar-refractivity contribution in [3.05, 3.63) is 46.6 Å². The molecule has 2 N–H and O–H groups in total. The third-order valence-corrected chi connectivity index (χ3v) is 3.10. The fourth-order valence-electron chi connectivity index (χ4n) is 1.91. The summed E-state index contributed by atoms with van der Waals surface area (Å²) in [5.74, 6) is 0.00923. The van der Waals surface area contributed by atoms with Gasteiger partial charge in [0.2, 0.25) is 5.95 Å². The van der Waals surface area contributed by atoms with Gasteiger partial charge in [-0.2, -0.15) is 18.2 Å². The number of anilines is 2. The van der Waals surface area contributed by atoms with E-state index in [9.17, 15) is 13.2 Å². The zero-order valence-electron chi connectivity index (χ0n) is 13.5. The summed E-state index contributed by atoms with van der Waals surface area (Å²) >= 11 is 5.90. The second kappa shape index (κ2) is 6.84. The van der Waals surface area contributed by atoms with Gasteiger partial charge in [-0.25, -0.2) is 4.98 Å². The summed E-state index contributed by atoms with van der Waals surface area (Å²) in [4.78, 5) is 7.65. The van der Waals surface area contributed by atoms with Crippen LogP contribution in [0.15, 0.2) is 30.3 Å². The van der Waals surface area contributed by atoms with E-state index in [4.69, 9.17) is 11.6 Å². The highest BCUT2D eigenvalue weighted by molar-refractivity contribution is 6.30. The van der Waals surface area contributed by atoms with Crippen LogP contribution in [-0.2, 0) is 12.7 Å². The maximum atomic E-state index is 13.0. The number of aromatic nitrogens is 2. The topological polar surface area (TPSA) is 49.8 Å².